The summed E-state index contributed by atoms with van der Waals surface area (Å²) < 4.78 is 54.3. The number of rotatable bonds is 10. The fraction of sp³-hybridized carbons (Fsp3) is 0.464. The minimum atomic E-state index is -4.68. The van der Waals surface area contributed by atoms with Gasteiger partial charge in [0.15, 0.2) is 0 Å². The van der Waals surface area contributed by atoms with Gasteiger partial charge in [-0.15, -0.1) is 13.2 Å². The van der Waals surface area contributed by atoms with E-state index in [0.29, 0.717) is 32.0 Å². The molecular weight excluding hydrogens is 543 g/mol. The second-order valence-electron chi connectivity index (χ2n) is 10.5. The zero-order chi connectivity index (χ0) is 29.0. The number of imidazole rings is 1. The Morgan fingerprint density at radius 2 is 1.73 bits per heavy atom. The highest BCUT2D eigenvalue weighted by Gasteiger charge is 2.31. The van der Waals surface area contributed by atoms with Crippen molar-refractivity contribution in [2.24, 2.45) is 5.92 Å². The lowest BCUT2D eigenvalue weighted by molar-refractivity contribution is -0.389. The topological polar surface area (TPSA) is 95.1 Å². The summed E-state index contributed by atoms with van der Waals surface area (Å²) in [5.41, 5.74) is 2.07. The monoisotopic (exact) mass is 575 g/mol. The highest BCUT2D eigenvalue weighted by molar-refractivity contribution is 5.49. The normalized spacial score (nSPS) is 17.7. The number of aryl methyl sites for hydroxylation is 1. The molecule has 0 saturated carbocycles. The number of ether oxygens (including phenoxy) is 3. The molecule has 2 aliphatic rings. The first-order valence-corrected chi connectivity index (χ1v) is 13.5. The van der Waals surface area contributed by atoms with E-state index in [9.17, 15) is 23.3 Å². The van der Waals surface area contributed by atoms with Crippen molar-refractivity contribution in [2.75, 3.05) is 38.2 Å². The van der Waals surface area contributed by atoms with Crippen molar-refractivity contribution in [3.63, 3.8) is 0 Å². The predicted octanol–water partition coefficient (Wildman–Crippen LogP) is 5.27. The fourth-order valence-corrected chi connectivity index (χ4v) is 5.27. The van der Waals surface area contributed by atoms with Gasteiger partial charge < -0.3 is 34.1 Å². The first-order chi connectivity index (χ1) is 19.6. The second kappa shape index (κ2) is 12.2. The molecular formula is C28H32F3N5O5. The van der Waals surface area contributed by atoms with Crippen LogP contribution in [-0.4, -0.2) is 65.1 Å². The number of anilines is 1. The number of hydrogen-bond acceptors (Lipinski definition) is 8. The van der Waals surface area contributed by atoms with E-state index in [0.717, 1.165) is 49.5 Å². The maximum absolute atomic E-state index is 12.4. The summed E-state index contributed by atoms with van der Waals surface area (Å²) in [5, 5.41) is 10.9. The van der Waals surface area contributed by atoms with E-state index in [1.54, 1.807) is 16.7 Å². The summed E-state index contributed by atoms with van der Waals surface area (Å²) in [6, 6.07) is 14.2. The van der Waals surface area contributed by atoms with Crippen molar-refractivity contribution in [3.05, 3.63) is 70.4 Å². The number of piperidine rings is 1. The van der Waals surface area contributed by atoms with Gasteiger partial charge in [0.1, 0.15) is 30.4 Å². The Morgan fingerprint density at radius 1 is 1.05 bits per heavy atom. The zero-order valence-corrected chi connectivity index (χ0v) is 22.6. The van der Waals surface area contributed by atoms with Crippen LogP contribution >= 0.6 is 0 Å². The molecule has 0 spiro atoms. The lowest BCUT2D eigenvalue weighted by Crippen LogP contribution is -2.37. The molecule has 0 bridgehead atoms. The van der Waals surface area contributed by atoms with Crippen molar-refractivity contribution in [1.29, 1.82) is 0 Å². The van der Waals surface area contributed by atoms with Gasteiger partial charge in [0.05, 0.1) is 0 Å². The third-order valence-electron chi connectivity index (χ3n) is 7.31. The second-order valence-corrected chi connectivity index (χ2v) is 10.5. The molecule has 1 saturated heterocycles. The summed E-state index contributed by atoms with van der Waals surface area (Å²) in [6.07, 6.45) is -0.761. The van der Waals surface area contributed by atoms with Crippen LogP contribution in [0.1, 0.15) is 24.8 Å². The average Bonchev–Trinajstić information content (AvgIpc) is 3.37. The number of benzene rings is 2. The van der Waals surface area contributed by atoms with E-state index in [1.807, 2.05) is 31.3 Å². The number of nitro groups is 1. The van der Waals surface area contributed by atoms with Crippen molar-refractivity contribution in [3.8, 4) is 17.5 Å². The summed E-state index contributed by atoms with van der Waals surface area (Å²) >= 11 is 0. The van der Waals surface area contributed by atoms with Crippen LogP contribution in [0.15, 0.2) is 54.7 Å². The van der Waals surface area contributed by atoms with Crippen LogP contribution in [0.25, 0.3) is 0 Å². The maximum Gasteiger partial charge on any atom is 0.573 e. The fourth-order valence-electron chi connectivity index (χ4n) is 5.27. The standard InChI is InChI=1S/C28H32F3N5O5/c1-33(16-20-2-6-24(7-3-20)41-28(29,30)31)17-21-10-13-34(14-11-21)22-4-8-23(9-5-22)39-19-25-12-15-35-18-26(36(37)38)32-27(35)40-25/h2-9,18,21,25H,10-17,19H2,1H3. The Labute approximate surface area is 235 Å². The van der Waals surface area contributed by atoms with Crippen LogP contribution in [-0.2, 0) is 13.1 Å². The molecule has 0 radical (unpaired) electrons. The highest BCUT2D eigenvalue weighted by Crippen LogP contribution is 2.28. The predicted molar refractivity (Wildman–Crippen MR) is 144 cm³/mol. The van der Waals surface area contributed by atoms with Gasteiger partial charge in [0, 0.05) is 49.8 Å². The van der Waals surface area contributed by atoms with Crippen molar-refractivity contribution in [1.82, 2.24) is 14.5 Å². The Kier molecular flexibility index (Phi) is 8.52. The van der Waals surface area contributed by atoms with Gasteiger partial charge in [-0.3, -0.25) is 4.57 Å². The Morgan fingerprint density at radius 3 is 2.39 bits per heavy atom. The molecule has 1 unspecified atom stereocenters. The van der Waals surface area contributed by atoms with Crippen LogP contribution in [0.2, 0.25) is 0 Å². The Balaban J connectivity index is 1.03. The maximum atomic E-state index is 12.4. The summed E-state index contributed by atoms with van der Waals surface area (Å²) in [6.45, 7) is 4.36. The van der Waals surface area contributed by atoms with E-state index in [-0.39, 0.29) is 23.7 Å². The van der Waals surface area contributed by atoms with Crippen molar-refractivity contribution >= 4 is 11.5 Å². The molecule has 2 aromatic carbocycles. The molecule has 3 heterocycles. The smallest absolute Gasteiger partial charge is 0.490 e. The van der Waals surface area contributed by atoms with E-state index < -0.39 is 11.3 Å². The van der Waals surface area contributed by atoms with Gasteiger partial charge in [-0.25, -0.2) is 0 Å². The molecule has 0 amide bonds. The minimum absolute atomic E-state index is 0.210. The first-order valence-electron chi connectivity index (χ1n) is 13.5. The number of alkyl halides is 3. The minimum Gasteiger partial charge on any atom is -0.490 e. The Bertz CT molecular complexity index is 1310. The third-order valence-corrected chi connectivity index (χ3v) is 7.31. The lowest BCUT2D eigenvalue weighted by atomic mass is 9.95. The molecule has 2 aliphatic heterocycles. The molecule has 0 aliphatic carbocycles. The number of halogens is 3. The van der Waals surface area contributed by atoms with Gasteiger partial charge in [-0.1, -0.05) is 12.1 Å². The van der Waals surface area contributed by atoms with E-state index in [4.69, 9.17) is 9.47 Å². The molecule has 3 aromatic rings. The van der Waals surface area contributed by atoms with Crippen LogP contribution < -0.4 is 19.1 Å². The van der Waals surface area contributed by atoms with E-state index in [1.165, 1.54) is 18.3 Å². The van der Waals surface area contributed by atoms with Gasteiger partial charge >= 0.3 is 18.2 Å². The van der Waals surface area contributed by atoms with Gasteiger partial charge in [0.25, 0.3) is 0 Å². The first kappa shape index (κ1) is 28.5. The number of aromatic nitrogens is 2. The quantitative estimate of drug-likeness (QED) is 0.239. The van der Waals surface area contributed by atoms with Gasteiger partial charge in [-0.2, -0.15) is 0 Å². The van der Waals surface area contributed by atoms with E-state index >= 15 is 0 Å². The highest BCUT2D eigenvalue weighted by atomic mass is 19.4. The van der Waals surface area contributed by atoms with Crippen molar-refractivity contribution in [2.45, 2.75) is 44.8 Å². The molecule has 0 N–H and O–H groups in total. The lowest BCUT2D eigenvalue weighted by Gasteiger charge is -2.35. The molecule has 13 heteroatoms. The molecule has 1 atom stereocenters. The zero-order valence-electron chi connectivity index (χ0n) is 22.6. The van der Waals surface area contributed by atoms with Crippen LogP contribution in [0.5, 0.6) is 17.5 Å². The largest absolute Gasteiger partial charge is 0.573 e. The molecule has 5 rings (SSSR count). The van der Waals surface area contributed by atoms with Gasteiger partial charge in [-0.05, 0) is 72.7 Å². The Hall–Kier alpha value is -4.00. The molecule has 1 fully saturated rings. The summed E-state index contributed by atoms with van der Waals surface area (Å²) in [7, 11) is 2.03. The van der Waals surface area contributed by atoms with Crippen molar-refractivity contribution < 1.29 is 32.3 Å². The average molecular weight is 576 g/mol. The number of hydrogen-bond donors (Lipinski definition) is 0. The van der Waals surface area contributed by atoms with Crippen LogP contribution in [0, 0.1) is 16.0 Å². The molecule has 41 heavy (non-hydrogen) atoms. The molecule has 220 valence electrons. The number of fused-ring (bicyclic) bond motifs is 1. The summed E-state index contributed by atoms with van der Waals surface area (Å²) in [5.74, 6) is 0.837. The van der Waals surface area contributed by atoms with E-state index in [2.05, 4.69) is 19.5 Å². The SMILES string of the molecule is CN(Cc1ccc(OC(F)(F)F)cc1)CC1CCN(c2ccc(OCC3CCn4cc([N+](=O)[O-])nc4O3)cc2)CC1. The summed E-state index contributed by atoms with van der Waals surface area (Å²) in [4.78, 5) is 18.9. The molecule has 10 nitrogen and oxygen atoms in total. The molecule has 1 aromatic heterocycles. The van der Waals surface area contributed by atoms with Crippen LogP contribution in [0.3, 0.4) is 0 Å². The third kappa shape index (κ3) is 7.81. The number of nitrogens with zero attached hydrogens (tertiary/aromatic N) is 5. The van der Waals surface area contributed by atoms with Gasteiger partial charge in [0.2, 0.25) is 0 Å². The van der Waals surface area contributed by atoms with Crippen LogP contribution in [0.4, 0.5) is 24.7 Å².